The van der Waals surface area contributed by atoms with Gasteiger partial charge in [0.25, 0.3) is 5.91 Å². The number of aryl methyl sites for hydroxylation is 2. The summed E-state index contributed by atoms with van der Waals surface area (Å²) in [5, 5.41) is 3.73. The van der Waals surface area contributed by atoms with Gasteiger partial charge in [0.1, 0.15) is 0 Å². The number of hydrogen-bond donors (Lipinski definition) is 1. The van der Waals surface area contributed by atoms with Crippen molar-refractivity contribution in [2.24, 2.45) is 0 Å². The van der Waals surface area contributed by atoms with Crippen molar-refractivity contribution in [2.75, 3.05) is 6.26 Å². The standard InChI is InChI=1S/C23H31N3O3S/c1-6-10-20(18-11-8-7-9-12-18)26-22(28)17(4)29-21(27)14-13-19-15(2)24-23(30-5)25-16(19)3/h7-9,11-12,17,20H,6,10,13-14H2,1-5H3,(H,26,28)/t17-,20-/m1/s1. The van der Waals surface area contributed by atoms with Gasteiger partial charge in [0, 0.05) is 17.8 Å². The summed E-state index contributed by atoms with van der Waals surface area (Å²) >= 11 is 1.49. The van der Waals surface area contributed by atoms with E-state index in [-0.39, 0.29) is 18.4 Å². The molecule has 0 saturated heterocycles. The van der Waals surface area contributed by atoms with Crippen LogP contribution in [0.3, 0.4) is 0 Å². The summed E-state index contributed by atoms with van der Waals surface area (Å²) < 4.78 is 5.38. The van der Waals surface area contributed by atoms with Gasteiger partial charge in [-0.2, -0.15) is 0 Å². The number of benzene rings is 1. The van der Waals surface area contributed by atoms with Crippen LogP contribution in [-0.2, 0) is 20.7 Å². The van der Waals surface area contributed by atoms with Crippen molar-refractivity contribution in [3.05, 3.63) is 52.8 Å². The summed E-state index contributed by atoms with van der Waals surface area (Å²) in [6, 6.07) is 9.74. The molecule has 0 fully saturated rings. The van der Waals surface area contributed by atoms with Crippen LogP contribution in [0, 0.1) is 13.8 Å². The van der Waals surface area contributed by atoms with E-state index in [1.807, 2.05) is 50.4 Å². The maximum atomic E-state index is 12.6. The van der Waals surface area contributed by atoms with Crippen molar-refractivity contribution in [1.29, 1.82) is 0 Å². The predicted molar refractivity (Wildman–Crippen MR) is 119 cm³/mol. The fourth-order valence-electron chi connectivity index (χ4n) is 3.28. The van der Waals surface area contributed by atoms with Crippen LogP contribution < -0.4 is 5.32 Å². The number of hydrogen-bond acceptors (Lipinski definition) is 6. The molecule has 1 aromatic carbocycles. The van der Waals surface area contributed by atoms with E-state index in [0.29, 0.717) is 6.42 Å². The van der Waals surface area contributed by atoms with E-state index in [1.54, 1.807) is 6.92 Å². The third-order valence-electron chi connectivity index (χ3n) is 4.94. The minimum Gasteiger partial charge on any atom is -0.453 e. The third kappa shape index (κ3) is 6.83. The highest BCUT2D eigenvalue weighted by Crippen LogP contribution is 2.19. The molecule has 0 aliphatic carbocycles. The number of rotatable bonds is 10. The van der Waals surface area contributed by atoms with Crippen molar-refractivity contribution < 1.29 is 14.3 Å². The predicted octanol–water partition coefficient (Wildman–Crippen LogP) is 4.34. The van der Waals surface area contributed by atoms with Crippen LogP contribution in [0.4, 0.5) is 0 Å². The van der Waals surface area contributed by atoms with Crippen LogP contribution in [0.1, 0.15) is 61.7 Å². The molecule has 162 valence electrons. The number of ether oxygens (including phenoxy) is 1. The zero-order valence-corrected chi connectivity index (χ0v) is 19.2. The van der Waals surface area contributed by atoms with Crippen LogP contribution in [0.15, 0.2) is 35.5 Å². The van der Waals surface area contributed by atoms with Gasteiger partial charge >= 0.3 is 5.97 Å². The van der Waals surface area contributed by atoms with Gasteiger partial charge in [0.2, 0.25) is 0 Å². The molecule has 2 atom stereocenters. The topological polar surface area (TPSA) is 81.2 Å². The van der Waals surface area contributed by atoms with E-state index in [0.717, 1.165) is 40.5 Å². The summed E-state index contributed by atoms with van der Waals surface area (Å²) in [5.74, 6) is -0.692. The first-order valence-electron chi connectivity index (χ1n) is 10.3. The lowest BCUT2D eigenvalue weighted by Crippen LogP contribution is -2.38. The molecule has 2 aromatic rings. The first-order chi connectivity index (χ1) is 14.3. The van der Waals surface area contributed by atoms with E-state index >= 15 is 0 Å². The second kappa shape index (κ2) is 11.7. The summed E-state index contributed by atoms with van der Waals surface area (Å²) in [4.78, 5) is 33.8. The molecule has 2 rings (SSSR count). The molecule has 30 heavy (non-hydrogen) atoms. The maximum absolute atomic E-state index is 12.6. The number of amides is 1. The van der Waals surface area contributed by atoms with Gasteiger partial charge in [-0.3, -0.25) is 9.59 Å². The van der Waals surface area contributed by atoms with Crippen LogP contribution >= 0.6 is 11.8 Å². The molecule has 0 aliphatic rings. The minimum absolute atomic E-state index is 0.0951. The lowest BCUT2D eigenvalue weighted by atomic mass is 10.0. The number of aromatic nitrogens is 2. The van der Waals surface area contributed by atoms with E-state index < -0.39 is 12.1 Å². The van der Waals surface area contributed by atoms with E-state index in [2.05, 4.69) is 22.2 Å². The Labute approximate surface area is 183 Å². The number of nitrogens with one attached hydrogen (secondary N) is 1. The van der Waals surface area contributed by atoms with Gasteiger partial charge in [-0.05, 0) is 51.0 Å². The molecule has 1 aromatic heterocycles. The van der Waals surface area contributed by atoms with Gasteiger partial charge < -0.3 is 10.1 Å². The monoisotopic (exact) mass is 429 g/mol. The highest BCUT2D eigenvalue weighted by Gasteiger charge is 2.22. The van der Waals surface area contributed by atoms with Crippen molar-refractivity contribution in [3.63, 3.8) is 0 Å². The third-order valence-corrected chi connectivity index (χ3v) is 5.48. The smallest absolute Gasteiger partial charge is 0.306 e. The number of carbonyl (C=O) groups is 2. The summed E-state index contributed by atoms with van der Waals surface area (Å²) in [6.07, 6.45) is 3.50. The van der Waals surface area contributed by atoms with E-state index in [9.17, 15) is 9.59 Å². The molecule has 0 aliphatic heterocycles. The number of nitrogens with zero attached hydrogens (tertiary/aromatic N) is 2. The van der Waals surface area contributed by atoms with E-state index in [4.69, 9.17) is 4.74 Å². The molecule has 0 spiro atoms. The Morgan fingerprint density at radius 3 is 2.33 bits per heavy atom. The molecule has 1 N–H and O–H groups in total. The normalized spacial score (nSPS) is 12.8. The molecular weight excluding hydrogens is 398 g/mol. The van der Waals surface area contributed by atoms with Crippen molar-refractivity contribution in [2.45, 2.75) is 70.7 Å². The molecule has 0 radical (unpaired) electrons. The van der Waals surface area contributed by atoms with Gasteiger partial charge in [0.15, 0.2) is 11.3 Å². The fourth-order valence-corrected chi connectivity index (χ4v) is 3.74. The second-order valence-corrected chi connectivity index (χ2v) is 8.03. The zero-order chi connectivity index (χ0) is 22.1. The lowest BCUT2D eigenvalue weighted by Gasteiger charge is -2.21. The average molecular weight is 430 g/mol. The molecule has 7 heteroatoms. The van der Waals surface area contributed by atoms with Crippen molar-refractivity contribution >= 4 is 23.6 Å². The van der Waals surface area contributed by atoms with Crippen molar-refractivity contribution in [3.8, 4) is 0 Å². The lowest BCUT2D eigenvalue weighted by molar-refractivity contribution is -0.155. The zero-order valence-electron chi connectivity index (χ0n) is 18.4. The Kier molecular flexibility index (Phi) is 9.30. The van der Waals surface area contributed by atoms with Crippen LogP contribution in [0.5, 0.6) is 0 Å². The average Bonchev–Trinajstić information content (AvgIpc) is 2.73. The highest BCUT2D eigenvalue weighted by atomic mass is 32.2. The summed E-state index contributed by atoms with van der Waals surface area (Å²) in [6.45, 7) is 7.52. The number of carbonyl (C=O) groups excluding carboxylic acids is 2. The molecular formula is C23H31N3O3S. The number of esters is 1. The Hall–Kier alpha value is -2.41. The maximum Gasteiger partial charge on any atom is 0.306 e. The van der Waals surface area contributed by atoms with Crippen LogP contribution in [-0.4, -0.2) is 34.2 Å². The van der Waals surface area contributed by atoms with Gasteiger partial charge in [-0.1, -0.05) is 55.4 Å². The molecule has 0 saturated carbocycles. The second-order valence-electron chi connectivity index (χ2n) is 7.25. The first kappa shape index (κ1) is 23.9. The van der Waals surface area contributed by atoms with Crippen molar-refractivity contribution in [1.82, 2.24) is 15.3 Å². The van der Waals surface area contributed by atoms with Gasteiger partial charge in [0.05, 0.1) is 6.04 Å². The Bertz CT molecular complexity index is 835. The van der Waals surface area contributed by atoms with Crippen LogP contribution in [0.25, 0.3) is 0 Å². The quantitative estimate of drug-likeness (QED) is 0.344. The van der Waals surface area contributed by atoms with Gasteiger partial charge in [-0.25, -0.2) is 9.97 Å². The molecule has 0 bridgehead atoms. The largest absolute Gasteiger partial charge is 0.453 e. The van der Waals surface area contributed by atoms with Crippen LogP contribution in [0.2, 0.25) is 0 Å². The fraction of sp³-hybridized carbons (Fsp3) is 0.478. The molecule has 0 unspecified atom stereocenters. The molecule has 1 heterocycles. The molecule has 1 amide bonds. The summed E-state index contributed by atoms with van der Waals surface area (Å²) in [5.41, 5.74) is 3.74. The highest BCUT2D eigenvalue weighted by molar-refractivity contribution is 7.98. The van der Waals surface area contributed by atoms with Gasteiger partial charge in [-0.15, -0.1) is 0 Å². The number of thioether (sulfide) groups is 1. The minimum atomic E-state index is -0.849. The Balaban J connectivity index is 1.91. The molecule has 6 nitrogen and oxygen atoms in total. The first-order valence-corrected chi connectivity index (χ1v) is 11.5. The van der Waals surface area contributed by atoms with E-state index in [1.165, 1.54) is 11.8 Å². The Morgan fingerprint density at radius 1 is 1.13 bits per heavy atom. The SMILES string of the molecule is CCC[C@@H](NC(=O)[C@@H](C)OC(=O)CCc1c(C)nc(SC)nc1C)c1ccccc1. The Morgan fingerprint density at radius 2 is 1.77 bits per heavy atom. The summed E-state index contributed by atoms with van der Waals surface area (Å²) in [7, 11) is 0.